The molecule has 2 atom stereocenters. The summed E-state index contributed by atoms with van der Waals surface area (Å²) in [6.45, 7) is 8.90. The molecule has 2 heteroatoms. The summed E-state index contributed by atoms with van der Waals surface area (Å²) in [5, 5.41) is 0. The van der Waals surface area contributed by atoms with Crippen LogP contribution < -0.4 is 0 Å². The quantitative estimate of drug-likeness (QED) is 0.489. The largest absolute Gasteiger partial charge is 0.256 e. The molecule has 0 saturated carbocycles. The number of nitrogens with zero attached hydrogens (tertiary/aromatic N) is 2. The summed E-state index contributed by atoms with van der Waals surface area (Å²) in [4.78, 5) is 9.29. The minimum absolute atomic E-state index is 0.559. The Hall–Kier alpha value is -2.48. The van der Waals surface area contributed by atoms with Crippen molar-refractivity contribution in [1.29, 1.82) is 0 Å². The van der Waals surface area contributed by atoms with Crippen molar-refractivity contribution < 1.29 is 0 Å². The first-order chi connectivity index (χ1) is 12.6. The van der Waals surface area contributed by atoms with Gasteiger partial charge in [-0.1, -0.05) is 64.1 Å². The molecule has 0 aliphatic rings. The molecule has 2 nitrogen and oxygen atoms in total. The van der Waals surface area contributed by atoms with E-state index in [1.807, 2.05) is 12.4 Å². The lowest BCUT2D eigenvalue weighted by Crippen LogP contribution is -1.94. The zero-order chi connectivity index (χ0) is 18.5. The number of pyridine rings is 2. The predicted octanol–water partition coefficient (Wildman–Crippen LogP) is 6.84. The molecule has 0 saturated heterocycles. The van der Waals surface area contributed by atoms with Crippen molar-refractivity contribution in [1.82, 2.24) is 9.97 Å². The zero-order valence-corrected chi connectivity index (χ0v) is 16.2. The van der Waals surface area contributed by atoms with Gasteiger partial charge in [0.05, 0.1) is 11.4 Å². The Labute approximate surface area is 157 Å². The van der Waals surface area contributed by atoms with Crippen LogP contribution in [0.2, 0.25) is 0 Å². The van der Waals surface area contributed by atoms with E-state index in [1.54, 1.807) is 0 Å². The van der Waals surface area contributed by atoms with Gasteiger partial charge < -0.3 is 0 Å². The van der Waals surface area contributed by atoms with Crippen molar-refractivity contribution >= 4 is 0 Å². The smallest absolute Gasteiger partial charge is 0.0702 e. The topological polar surface area (TPSA) is 25.8 Å². The van der Waals surface area contributed by atoms with Gasteiger partial charge in [0.1, 0.15) is 0 Å². The fourth-order valence-electron chi connectivity index (χ4n) is 3.02. The number of hydrogen-bond donors (Lipinski definition) is 0. The van der Waals surface area contributed by atoms with Crippen LogP contribution in [0, 0.1) is 0 Å². The van der Waals surface area contributed by atoms with Gasteiger partial charge in [-0.05, 0) is 47.9 Å². The van der Waals surface area contributed by atoms with E-state index in [4.69, 9.17) is 0 Å². The van der Waals surface area contributed by atoms with Gasteiger partial charge in [-0.15, -0.1) is 0 Å². The van der Waals surface area contributed by atoms with E-state index in [2.05, 4.69) is 86.2 Å². The molecule has 3 aromatic rings. The van der Waals surface area contributed by atoms with Crippen molar-refractivity contribution in [2.75, 3.05) is 0 Å². The number of rotatable bonds is 6. The van der Waals surface area contributed by atoms with Gasteiger partial charge in [-0.2, -0.15) is 0 Å². The zero-order valence-electron chi connectivity index (χ0n) is 16.2. The third-order valence-electron chi connectivity index (χ3n) is 5.41. The average Bonchev–Trinajstić information content (AvgIpc) is 2.73. The Bertz CT molecular complexity index is 745. The highest BCUT2D eigenvalue weighted by molar-refractivity contribution is 5.66. The molecular weight excluding hydrogens is 316 g/mol. The first-order valence-corrected chi connectivity index (χ1v) is 9.65. The summed E-state index contributed by atoms with van der Waals surface area (Å²) in [6, 6.07) is 17.1. The number of hydrogen-bond acceptors (Lipinski definition) is 2. The van der Waals surface area contributed by atoms with Crippen molar-refractivity contribution in [2.24, 2.45) is 0 Å². The van der Waals surface area contributed by atoms with E-state index < -0.39 is 0 Å². The van der Waals surface area contributed by atoms with Crippen LogP contribution in [0.25, 0.3) is 22.5 Å². The van der Waals surface area contributed by atoms with Gasteiger partial charge in [0.25, 0.3) is 0 Å². The third-order valence-corrected chi connectivity index (χ3v) is 5.41. The molecule has 0 aliphatic carbocycles. The van der Waals surface area contributed by atoms with Crippen LogP contribution in [-0.4, -0.2) is 9.97 Å². The summed E-state index contributed by atoms with van der Waals surface area (Å²) in [5.74, 6) is 1.12. The second-order valence-corrected chi connectivity index (χ2v) is 7.15. The van der Waals surface area contributed by atoms with Gasteiger partial charge in [0.2, 0.25) is 0 Å². The predicted molar refractivity (Wildman–Crippen MR) is 110 cm³/mol. The molecule has 0 spiro atoms. The SMILES string of the molecule is CC[C@@H](C)c1ccc(-c2ccc(-c3ccc([C@H](C)CC)cn3)cc2)nc1. The van der Waals surface area contributed by atoms with Gasteiger partial charge in [0, 0.05) is 23.5 Å². The summed E-state index contributed by atoms with van der Waals surface area (Å²) >= 11 is 0. The van der Waals surface area contributed by atoms with Crippen LogP contribution in [0.1, 0.15) is 63.5 Å². The highest BCUT2D eigenvalue weighted by atomic mass is 14.7. The van der Waals surface area contributed by atoms with Gasteiger partial charge in [-0.3, -0.25) is 9.97 Å². The molecule has 0 fully saturated rings. The summed E-state index contributed by atoms with van der Waals surface area (Å²) in [7, 11) is 0. The normalized spacial score (nSPS) is 13.4. The average molecular weight is 345 g/mol. The van der Waals surface area contributed by atoms with Crippen LogP contribution in [0.4, 0.5) is 0 Å². The Morgan fingerprint density at radius 1 is 0.615 bits per heavy atom. The molecule has 1 aromatic carbocycles. The van der Waals surface area contributed by atoms with Gasteiger partial charge >= 0.3 is 0 Å². The van der Waals surface area contributed by atoms with Crippen LogP contribution in [0.15, 0.2) is 60.9 Å². The van der Waals surface area contributed by atoms with E-state index in [-0.39, 0.29) is 0 Å². The lowest BCUT2D eigenvalue weighted by atomic mass is 9.99. The first kappa shape index (κ1) is 18.3. The van der Waals surface area contributed by atoms with Crippen LogP contribution in [-0.2, 0) is 0 Å². The molecule has 0 unspecified atom stereocenters. The molecule has 0 N–H and O–H groups in total. The summed E-state index contributed by atoms with van der Waals surface area (Å²) in [6.07, 6.45) is 6.29. The molecule has 0 bridgehead atoms. The Balaban J connectivity index is 1.78. The minimum atomic E-state index is 0.559. The Morgan fingerprint density at radius 2 is 1.00 bits per heavy atom. The van der Waals surface area contributed by atoms with Crippen LogP contribution >= 0.6 is 0 Å². The van der Waals surface area contributed by atoms with Gasteiger partial charge in [-0.25, -0.2) is 0 Å². The van der Waals surface area contributed by atoms with Crippen molar-refractivity contribution in [3.8, 4) is 22.5 Å². The number of benzene rings is 1. The molecule has 0 amide bonds. The maximum atomic E-state index is 4.65. The molecule has 0 aliphatic heterocycles. The fourth-order valence-corrected chi connectivity index (χ4v) is 3.02. The first-order valence-electron chi connectivity index (χ1n) is 9.65. The molecular formula is C24H28N2. The van der Waals surface area contributed by atoms with E-state index in [0.717, 1.165) is 35.4 Å². The molecule has 0 radical (unpaired) electrons. The molecule has 3 rings (SSSR count). The van der Waals surface area contributed by atoms with E-state index in [9.17, 15) is 0 Å². The second kappa shape index (κ2) is 8.27. The third kappa shape index (κ3) is 4.01. The number of aromatic nitrogens is 2. The summed E-state index contributed by atoms with van der Waals surface area (Å²) in [5.41, 5.74) is 6.92. The lowest BCUT2D eigenvalue weighted by Gasteiger charge is -2.10. The van der Waals surface area contributed by atoms with E-state index in [0.29, 0.717) is 11.8 Å². The van der Waals surface area contributed by atoms with Crippen LogP contribution in [0.5, 0.6) is 0 Å². The van der Waals surface area contributed by atoms with Crippen molar-refractivity contribution in [3.05, 3.63) is 72.1 Å². The molecule has 2 heterocycles. The highest BCUT2D eigenvalue weighted by Gasteiger charge is 2.07. The van der Waals surface area contributed by atoms with Gasteiger partial charge in [0.15, 0.2) is 0 Å². The lowest BCUT2D eigenvalue weighted by molar-refractivity contribution is 0.730. The van der Waals surface area contributed by atoms with Crippen LogP contribution in [0.3, 0.4) is 0 Å². The minimum Gasteiger partial charge on any atom is -0.256 e. The molecule has 134 valence electrons. The monoisotopic (exact) mass is 344 g/mol. The Morgan fingerprint density at radius 3 is 1.27 bits per heavy atom. The molecule has 26 heavy (non-hydrogen) atoms. The maximum Gasteiger partial charge on any atom is 0.0702 e. The molecule has 2 aromatic heterocycles. The summed E-state index contributed by atoms with van der Waals surface area (Å²) < 4.78 is 0. The van der Waals surface area contributed by atoms with Crippen molar-refractivity contribution in [3.63, 3.8) is 0 Å². The van der Waals surface area contributed by atoms with E-state index >= 15 is 0 Å². The van der Waals surface area contributed by atoms with E-state index in [1.165, 1.54) is 11.1 Å². The highest BCUT2D eigenvalue weighted by Crippen LogP contribution is 2.26. The standard InChI is InChI=1S/C24H28N2/c1-5-17(3)21-11-13-23(25-15-21)19-7-9-20(10-8-19)24-14-12-22(16-26-24)18(4)6-2/h7-18H,5-6H2,1-4H3/t17-,18-/m1/s1. The second-order valence-electron chi connectivity index (χ2n) is 7.15. The Kier molecular flexibility index (Phi) is 5.82. The fraction of sp³-hybridized carbons (Fsp3) is 0.333. The van der Waals surface area contributed by atoms with Crippen molar-refractivity contribution in [2.45, 2.75) is 52.4 Å². The maximum absolute atomic E-state index is 4.65.